The molecule has 0 spiro atoms. The largest absolute Gasteiger partial charge is 0.444 e. The summed E-state index contributed by atoms with van der Waals surface area (Å²) >= 11 is 15.4. The Bertz CT molecular complexity index is 1160. The van der Waals surface area contributed by atoms with E-state index in [1.54, 1.807) is 0 Å². The van der Waals surface area contributed by atoms with Crippen LogP contribution in [0, 0.1) is 0 Å². The third-order valence-electron chi connectivity index (χ3n) is 5.26. The first-order chi connectivity index (χ1) is 18.2. The van der Waals surface area contributed by atoms with Crippen LogP contribution in [0.4, 0.5) is 4.79 Å². The molecule has 1 aromatic rings. The van der Waals surface area contributed by atoms with Crippen LogP contribution in [0.3, 0.4) is 0 Å². The monoisotopic (exact) mass is 660 g/mol. The number of benzene rings is 1. The van der Waals surface area contributed by atoms with Crippen LogP contribution < -0.4 is 10.6 Å². The van der Waals surface area contributed by atoms with Crippen LogP contribution in [-0.2, 0) is 16.0 Å². The van der Waals surface area contributed by atoms with Gasteiger partial charge in [0.25, 0.3) is 0 Å². The van der Waals surface area contributed by atoms with E-state index >= 15 is 0 Å². The summed E-state index contributed by atoms with van der Waals surface area (Å²) in [5, 5.41) is 6.17. The molecule has 0 fully saturated rings. The number of alkyl carbamates (subject to hydrolysis) is 1. The number of hydrogen-bond acceptors (Lipinski definition) is 11. The molecule has 13 heteroatoms. The molecule has 5 rings (SSSR count). The van der Waals surface area contributed by atoms with E-state index in [1.807, 2.05) is 145 Å². The number of carbonyl (C=O) groups excluding carboxylic acids is 2. The maximum atomic E-state index is 13.2. The normalized spacial score (nSPS) is 22.2. The van der Waals surface area contributed by atoms with E-state index < -0.39 is 17.7 Å². The fourth-order valence-corrected chi connectivity index (χ4v) is 16.2. The Labute approximate surface area is 258 Å². The van der Waals surface area contributed by atoms with Crippen molar-refractivity contribution in [3.8, 4) is 0 Å². The number of carbonyl (C=O) groups is 2. The highest BCUT2D eigenvalue weighted by molar-refractivity contribution is 8.45. The molecule has 2 amide bonds. The van der Waals surface area contributed by atoms with Crippen LogP contribution in [-0.4, -0.2) is 52.7 Å². The second kappa shape index (κ2) is 13.3. The third kappa shape index (κ3) is 8.04. The van der Waals surface area contributed by atoms with Crippen molar-refractivity contribution < 1.29 is 14.3 Å². The summed E-state index contributed by atoms with van der Waals surface area (Å²) < 4.78 is 13.9. The number of hydrogen-bond donors (Lipinski definition) is 2. The number of ether oxygens (including phenoxy) is 1. The van der Waals surface area contributed by atoms with Gasteiger partial charge in [-0.05, 0) is 26.3 Å². The van der Waals surface area contributed by atoms with Gasteiger partial charge in [-0.25, -0.2) is 4.79 Å². The quantitative estimate of drug-likeness (QED) is 0.313. The van der Waals surface area contributed by atoms with Crippen molar-refractivity contribution >= 4 is 106 Å². The van der Waals surface area contributed by atoms with Gasteiger partial charge >= 0.3 is 6.09 Å². The highest BCUT2D eigenvalue weighted by Crippen LogP contribution is 2.68. The van der Waals surface area contributed by atoms with Crippen LogP contribution in [0.15, 0.2) is 55.8 Å². The maximum Gasteiger partial charge on any atom is 0.408 e. The predicted octanol–water partition coefficient (Wildman–Crippen LogP) is 7.91. The van der Waals surface area contributed by atoms with E-state index in [9.17, 15) is 9.59 Å². The van der Waals surface area contributed by atoms with Gasteiger partial charge in [0.05, 0.1) is 25.4 Å². The number of thioether (sulfide) groups is 8. The lowest BCUT2D eigenvalue weighted by molar-refractivity contribution is -0.123. The van der Waals surface area contributed by atoms with Crippen molar-refractivity contribution in [2.45, 2.75) is 44.1 Å². The Hall–Kier alpha value is -0.0200. The Morgan fingerprint density at radius 2 is 1.50 bits per heavy atom. The van der Waals surface area contributed by atoms with Gasteiger partial charge in [0.1, 0.15) is 11.6 Å². The second-order valence-corrected chi connectivity index (χ2v) is 19.7. The van der Waals surface area contributed by atoms with E-state index in [2.05, 4.69) is 10.6 Å². The fraction of sp³-hybridized carbons (Fsp3) is 0.440. The van der Waals surface area contributed by atoms with Crippen molar-refractivity contribution in [3.05, 3.63) is 61.3 Å². The molecular weight excluding hydrogens is 633 g/mol. The standard InChI is InChI=1S/C25H28N2O3S8/c1-25(2,3)30-24(29)27-16(11-14-7-5-4-6-8-14)17(28)26-12-15-13-33-20-21(34-15)38-23(37-20)22-35-18-19(36-22)32-10-9-31-18/h4-8,15-16H,9-13H2,1-3H3,(H,26,28)(H,27,29)/t15?,16-/m0/s1. The minimum absolute atomic E-state index is 0.188. The molecule has 0 bridgehead atoms. The van der Waals surface area contributed by atoms with Crippen LogP contribution >= 0.6 is 94.1 Å². The van der Waals surface area contributed by atoms with Crippen LogP contribution in [0.25, 0.3) is 0 Å². The molecule has 1 unspecified atom stereocenters. The Morgan fingerprint density at radius 1 is 0.895 bits per heavy atom. The van der Waals surface area contributed by atoms with Crippen LogP contribution in [0.5, 0.6) is 0 Å². The summed E-state index contributed by atoms with van der Waals surface area (Å²) in [4.78, 5) is 25.7. The second-order valence-electron chi connectivity index (χ2n) is 9.51. The third-order valence-corrected chi connectivity index (χ3v) is 17.6. The molecule has 204 valence electrons. The Morgan fingerprint density at radius 3 is 2.13 bits per heavy atom. The molecule has 4 heterocycles. The van der Waals surface area contributed by atoms with E-state index in [1.165, 1.54) is 36.9 Å². The van der Waals surface area contributed by atoms with E-state index in [0.29, 0.717) is 13.0 Å². The van der Waals surface area contributed by atoms with Crippen LogP contribution in [0.1, 0.15) is 26.3 Å². The van der Waals surface area contributed by atoms with Crippen molar-refractivity contribution in [1.29, 1.82) is 0 Å². The van der Waals surface area contributed by atoms with E-state index in [-0.39, 0.29) is 11.2 Å². The van der Waals surface area contributed by atoms with Gasteiger partial charge in [0.15, 0.2) is 0 Å². The summed E-state index contributed by atoms with van der Waals surface area (Å²) in [6.45, 7) is 5.99. The Kier molecular flexibility index (Phi) is 10.3. The highest BCUT2D eigenvalue weighted by atomic mass is 32.3. The van der Waals surface area contributed by atoms with E-state index in [4.69, 9.17) is 4.74 Å². The van der Waals surface area contributed by atoms with Crippen molar-refractivity contribution in [3.63, 3.8) is 0 Å². The van der Waals surface area contributed by atoms with Gasteiger partial charge in [-0.1, -0.05) is 77.4 Å². The van der Waals surface area contributed by atoms with Gasteiger partial charge in [0.2, 0.25) is 5.91 Å². The van der Waals surface area contributed by atoms with Crippen molar-refractivity contribution in [1.82, 2.24) is 10.6 Å². The summed E-state index contributed by atoms with van der Waals surface area (Å²) in [6.07, 6.45) is -0.178. The smallest absolute Gasteiger partial charge is 0.408 e. The molecular formula is C25H28N2O3S8. The SMILES string of the molecule is CC(C)(C)OC(=O)N[C@@H](Cc1ccccc1)C(=O)NCC1CSC2=C(SC(=C3SC4=C(SCCS4)S3)S2)S1. The van der Waals surface area contributed by atoms with Gasteiger partial charge in [-0.3, -0.25) is 4.79 Å². The minimum Gasteiger partial charge on any atom is -0.444 e. The zero-order chi connectivity index (χ0) is 26.7. The molecule has 0 saturated heterocycles. The molecule has 5 nitrogen and oxygen atoms in total. The maximum absolute atomic E-state index is 13.2. The number of nitrogens with one attached hydrogen (secondary N) is 2. The minimum atomic E-state index is -0.707. The summed E-state index contributed by atoms with van der Waals surface area (Å²) in [5.74, 6) is 3.16. The number of amides is 2. The average molecular weight is 661 g/mol. The average Bonchev–Trinajstić information content (AvgIpc) is 3.50. The lowest BCUT2D eigenvalue weighted by atomic mass is 10.1. The van der Waals surface area contributed by atoms with Gasteiger partial charge in [-0.2, -0.15) is 0 Å². The molecule has 38 heavy (non-hydrogen) atoms. The molecule has 0 radical (unpaired) electrons. The van der Waals surface area contributed by atoms with Crippen molar-refractivity contribution in [2.24, 2.45) is 0 Å². The van der Waals surface area contributed by atoms with Crippen molar-refractivity contribution in [2.75, 3.05) is 23.8 Å². The molecule has 1 aromatic carbocycles. The topological polar surface area (TPSA) is 67.4 Å². The molecule has 2 atom stereocenters. The van der Waals surface area contributed by atoms with Gasteiger partial charge in [0, 0.05) is 35.5 Å². The highest BCUT2D eigenvalue weighted by Gasteiger charge is 2.35. The summed E-state index contributed by atoms with van der Waals surface area (Å²) in [7, 11) is 0. The lowest BCUT2D eigenvalue weighted by Gasteiger charge is -2.25. The summed E-state index contributed by atoms with van der Waals surface area (Å²) in [5.41, 5.74) is 0.351. The van der Waals surface area contributed by atoms with Gasteiger partial charge in [-0.15, -0.1) is 47.0 Å². The first kappa shape index (κ1) is 29.5. The lowest BCUT2D eigenvalue weighted by Crippen LogP contribution is -2.50. The molecule has 0 aromatic heterocycles. The summed E-state index contributed by atoms with van der Waals surface area (Å²) in [6, 6.07) is 9.03. The molecule has 0 aliphatic carbocycles. The zero-order valence-electron chi connectivity index (χ0n) is 21.1. The van der Waals surface area contributed by atoms with E-state index in [0.717, 1.165) is 11.3 Å². The molecule has 2 N–H and O–H groups in total. The zero-order valence-corrected chi connectivity index (χ0v) is 27.6. The number of rotatable bonds is 6. The molecule has 4 aliphatic heterocycles. The molecule has 4 aliphatic rings. The van der Waals surface area contributed by atoms with Gasteiger partial charge < -0.3 is 15.4 Å². The van der Waals surface area contributed by atoms with Crippen LogP contribution in [0.2, 0.25) is 0 Å². The molecule has 0 saturated carbocycles. The first-order valence-corrected chi connectivity index (χ1v) is 19.1. The first-order valence-electron chi connectivity index (χ1n) is 12.0. The fourth-order valence-electron chi connectivity index (χ4n) is 3.62. The predicted molar refractivity (Wildman–Crippen MR) is 177 cm³/mol. The Balaban J connectivity index is 1.15.